The van der Waals surface area contributed by atoms with E-state index in [0.29, 0.717) is 11.1 Å². The third kappa shape index (κ3) is 7.07. The van der Waals surface area contributed by atoms with Crippen LogP contribution in [0, 0.1) is 0 Å². The van der Waals surface area contributed by atoms with Crippen LogP contribution in [0.15, 0.2) is 204 Å². The predicted molar refractivity (Wildman–Crippen MR) is 269 cm³/mol. The Morgan fingerprint density at radius 3 is 1.47 bits per heavy atom. The van der Waals surface area contributed by atoms with Crippen molar-refractivity contribution < 1.29 is 10.2 Å². The third-order valence-electron chi connectivity index (χ3n) is 13.2. The fraction of sp³-hybridized carbons (Fsp3) is 0.100. The van der Waals surface area contributed by atoms with E-state index in [1.807, 2.05) is 48.8 Å². The molecule has 10 aromatic rings. The predicted octanol–water partition coefficient (Wildman–Crippen LogP) is 15.2. The molecule has 1 aliphatic rings. The van der Waals surface area contributed by atoms with Crippen LogP contribution >= 0.6 is 0 Å². The largest absolute Gasteiger partial charge is 0.507 e. The highest BCUT2D eigenvalue weighted by atomic mass is 16.3. The Morgan fingerprint density at radius 1 is 0.391 bits per heavy atom. The van der Waals surface area contributed by atoms with Crippen LogP contribution in [0.4, 0.5) is 0 Å². The van der Waals surface area contributed by atoms with Crippen LogP contribution in [0.5, 0.6) is 11.5 Å². The molecule has 0 aliphatic heterocycles. The number of hydrogen-bond donors (Lipinski definition) is 2. The van der Waals surface area contributed by atoms with Crippen LogP contribution in [0.1, 0.15) is 36.8 Å². The van der Waals surface area contributed by atoms with E-state index < -0.39 is 0 Å². The van der Waals surface area contributed by atoms with Gasteiger partial charge in [-0.3, -0.25) is 9.98 Å². The molecule has 64 heavy (non-hydrogen) atoms. The monoisotopic (exact) mass is 826 g/mol. The smallest absolute Gasteiger partial charge is 0.132 e. The highest BCUT2D eigenvalue weighted by Gasteiger charge is 2.25. The van der Waals surface area contributed by atoms with Crippen LogP contribution in [0.3, 0.4) is 0 Å². The molecule has 0 aromatic heterocycles. The number of nitrogens with zero attached hydrogens (tertiary/aromatic N) is 2. The normalized spacial score (nSPS) is 15.6. The summed E-state index contributed by atoms with van der Waals surface area (Å²) >= 11 is 0. The molecule has 1 aliphatic carbocycles. The summed E-state index contributed by atoms with van der Waals surface area (Å²) in [7, 11) is 0. The number of phenolic OH excluding ortho intramolecular Hbond substituents is 2. The van der Waals surface area contributed by atoms with Crippen LogP contribution in [0.2, 0.25) is 0 Å². The van der Waals surface area contributed by atoms with Crippen molar-refractivity contribution in [2.75, 3.05) is 0 Å². The average Bonchev–Trinajstić information content (AvgIpc) is 3.35. The summed E-state index contributed by atoms with van der Waals surface area (Å²) in [6, 6.07) is 66.9. The van der Waals surface area contributed by atoms with Gasteiger partial charge in [0, 0.05) is 34.7 Å². The number of aliphatic imine (C=N–C) groups is 2. The Morgan fingerprint density at radius 2 is 0.859 bits per heavy atom. The van der Waals surface area contributed by atoms with Gasteiger partial charge in [0.1, 0.15) is 11.5 Å². The van der Waals surface area contributed by atoms with Gasteiger partial charge in [-0.1, -0.05) is 195 Å². The van der Waals surface area contributed by atoms with Crippen molar-refractivity contribution in [3.05, 3.63) is 205 Å². The fourth-order valence-electron chi connectivity index (χ4n) is 10.0. The van der Waals surface area contributed by atoms with Crippen LogP contribution in [0.25, 0.3) is 87.6 Å². The Labute approximate surface area is 373 Å². The second-order valence-corrected chi connectivity index (χ2v) is 16.9. The van der Waals surface area contributed by atoms with Crippen molar-refractivity contribution in [1.29, 1.82) is 0 Å². The molecule has 0 spiro atoms. The van der Waals surface area contributed by atoms with E-state index in [1.54, 1.807) is 0 Å². The summed E-state index contributed by atoms with van der Waals surface area (Å²) in [6.45, 7) is 0. The lowest BCUT2D eigenvalue weighted by Crippen LogP contribution is -2.27. The van der Waals surface area contributed by atoms with Gasteiger partial charge < -0.3 is 10.2 Å². The molecule has 1 saturated carbocycles. The van der Waals surface area contributed by atoms with Crippen molar-refractivity contribution in [1.82, 2.24) is 0 Å². The van der Waals surface area contributed by atoms with Crippen molar-refractivity contribution in [2.24, 2.45) is 9.98 Å². The quantitative estimate of drug-likeness (QED) is 0.150. The summed E-state index contributed by atoms with van der Waals surface area (Å²) in [4.78, 5) is 10.5. The van der Waals surface area contributed by atoms with Crippen LogP contribution in [-0.2, 0) is 0 Å². The number of aromatic hydroxyl groups is 2. The van der Waals surface area contributed by atoms with E-state index in [2.05, 4.69) is 158 Å². The molecule has 0 bridgehead atoms. The molecule has 11 rings (SSSR count). The van der Waals surface area contributed by atoms with E-state index in [4.69, 9.17) is 9.98 Å². The molecule has 0 radical (unpaired) electrons. The molecule has 0 heterocycles. The van der Waals surface area contributed by atoms with Gasteiger partial charge in [-0.2, -0.15) is 0 Å². The highest BCUT2D eigenvalue weighted by Crippen LogP contribution is 2.47. The molecule has 308 valence electrons. The van der Waals surface area contributed by atoms with E-state index >= 15 is 0 Å². The first kappa shape index (κ1) is 39.1. The molecule has 2 N–H and O–H groups in total. The summed E-state index contributed by atoms with van der Waals surface area (Å²) in [5.74, 6) is 0.405. The number of benzene rings is 10. The average molecular weight is 827 g/mol. The first-order chi connectivity index (χ1) is 31.6. The number of phenols is 2. The van der Waals surface area contributed by atoms with Crippen molar-refractivity contribution in [3.8, 4) is 56.0 Å². The van der Waals surface area contributed by atoms with Crippen molar-refractivity contribution in [2.45, 2.75) is 37.8 Å². The maximum Gasteiger partial charge on any atom is 0.132 e. The second kappa shape index (κ2) is 16.8. The van der Waals surface area contributed by atoms with E-state index in [0.717, 1.165) is 113 Å². The minimum atomic E-state index is -0.0893. The lowest BCUT2D eigenvalue weighted by Gasteiger charge is -2.26. The van der Waals surface area contributed by atoms with Gasteiger partial charge in [-0.15, -0.1) is 0 Å². The Balaban J connectivity index is 0.985. The molecule has 4 nitrogen and oxygen atoms in total. The maximum atomic E-state index is 12.4. The van der Waals surface area contributed by atoms with Crippen LogP contribution in [-0.4, -0.2) is 34.7 Å². The van der Waals surface area contributed by atoms with Gasteiger partial charge in [-0.25, -0.2) is 0 Å². The van der Waals surface area contributed by atoms with Gasteiger partial charge in [0.15, 0.2) is 0 Å². The lowest BCUT2D eigenvalue weighted by atomic mass is 9.86. The third-order valence-corrected chi connectivity index (χ3v) is 13.2. The van der Waals surface area contributed by atoms with Crippen molar-refractivity contribution in [3.63, 3.8) is 0 Å². The van der Waals surface area contributed by atoms with E-state index in [-0.39, 0.29) is 23.6 Å². The molecule has 2 atom stereocenters. The number of rotatable bonds is 8. The topological polar surface area (TPSA) is 65.2 Å². The van der Waals surface area contributed by atoms with Gasteiger partial charge in [0.25, 0.3) is 0 Å². The summed E-state index contributed by atoms with van der Waals surface area (Å²) in [5, 5.41) is 32.9. The fourth-order valence-corrected chi connectivity index (χ4v) is 10.0. The summed E-state index contributed by atoms with van der Waals surface area (Å²) in [6.07, 6.45) is 7.62. The SMILES string of the molecule is Oc1cc(-c2c(-c3ccccc3)ccc3ccccc23)c2ccccc2c1C=N[C@H]1CCCC[C@@H]1N=Cc1cc2ccccc2c(-c2c(-c3ccccc3)ccc3ccccc23)c1O. The molecule has 0 unspecified atom stereocenters. The van der Waals surface area contributed by atoms with Crippen LogP contribution < -0.4 is 0 Å². The van der Waals surface area contributed by atoms with Gasteiger partial charge in [0.05, 0.1) is 12.1 Å². The molecule has 0 saturated heterocycles. The molecular weight excluding hydrogens is 781 g/mol. The standard InChI is InChI=1S/C60H46N2O2/c63-56-36-52(57-45-24-10-7-21-41(45)31-33-48(57)39-17-3-1-4-18-39)50-27-13-14-28-51(50)53(56)38-62-55-30-16-15-29-54(55)61-37-44-35-43-23-9-12-26-47(43)59(60(44)64)58-46-25-11-8-22-42(46)32-34-49(58)40-19-5-2-6-20-40/h1-14,17-28,31-38,54-55,63-64H,15-16,29-30H2/t54-,55-/m0/s1. The zero-order valence-corrected chi connectivity index (χ0v) is 35.4. The number of hydrogen-bond acceptors (Lipinski definition) is 4. The highest BCUT2D eigenvalue weighted by molar-refractivity contribution is 6.16. The molecular formula is C60H46N2O2. The van der Waals surface area contributed by atoms with E-state index in [9.17, 15) is 10.2 Å². The first-order valence-electron chi connectivity index (χ1n) is 22.3. The summed E-state index contributed by atoms with van der Waals surface area (Å²) in [5.41, 5.74) is 9.66. The molecule has 0 amide bonds. The maximum absolute atomic E-state index is 12.4. The molecule has 4 heteroatoms. The molecule has 10 aromatic carbocycles. The van der Waals surface area contributed by atoms with Gasteiger partial charge in [-0.05, 0) is 101 Å². The number of fused-ring (bicyclic) bond motifs is 4. The summed E-state index contributed by atoms with van der Waals surface area (Å²) < 4.78 is 0. The lowest BCUT2D eigenvalue weighted by molar-refractivity contribution is 0.390. The first-order valence-corrected chi connectivity index (χ1v) is 22.3. The van der Waals surface area contributed by atoms with E-state index in [1.165, 1.54) is 0 Å². The Kier molecular flexibility index (Phi) is 10.3. The Hall–Kier alpha value is -7.82. The minimum Gasteiger partial charge on any atom is -0.507 e. The zero-order chi connectivity index (χ0) is 43.0. The second-order valence-electron chi connectivity index (χ2n) is 16.9. The molecule has 1 fully saturated rings. The van der Waals surface area contributed by atoms with Crippen molar-refractivity contribution >= 4 is 55.5 Å². The zero-order valence-electron chi connectivity index (χ0n) is 35.4. The van der Waals surface area contributed by atoms with Gasteiger partial charge in [0.2, 0.25) is 0 Å². The van der Waals surface area contributed by atoms with Gasteiger partial charge >= 0.3 is 0 Å². The minimum absolute atomic E-state index is 0.0876. The Bertz CT molecular complexity index is 3430.